The SMILES string of the molecule is O=S1(=O)[C@@H](CC[C@H](O)c2ccc(F)cc2)[C@@H](c2ccc(-c3ccc(C4O[C@H](CO)[C@@H](O)[C@H](O)[C@H]4O)cc3)cc2O)N1c1ccc(-c2ccccc2)cc1. The topological polar surface area (TPSA) is 168 Å². The summed E-state index contributed by atoms with van der Waals surface area (Å²) in [6.07, 6.45) is -7.31. The Bertz CT molecular complexity index is 2130. The first-order valence-corrected chi connectivity index (χ1v) is 18.8. The molecule has 53 heavy (non-hydrogen) atoms. The minimum absolute atomic E-state index is 0.0742. The maximum Gasteiger partial charge on any atom is 0.241 e. The van der Waals surface area contributed by atoms with Crippen LogP contribution >= 0.6 is 0 Å². The smallest absolute Gasteiger partial charge is 0.241 e. The van der Waals surface area contributed by atoms with E-state index in [4.69, 9.17) is 4.74 Å². The van der Waals surface area contributed by atoms with Crippen LogP contribution in [0.3, 0.4) is 0 Å². The number of anilines is 1. The lowest BCUT2D eigenvalue weighted by molar-refractivity contribution is -0.231. The molecule has 0 radical (unpaired) electrons. The van der Waals surface area contributed by atoms with E-state index in [9.17, 15) is 43.4 Å². The van der Waals surface area contributed by atoms with Crippen molar-refractivity contribution in [2.24, 2.45) is 0 Å². The van der Waals surface area contributed by atoms with Gasteiger partial charge in [-0.2, -0.15) is 0 Å². The lowest BCUT2D eigenvalue weighted by atomic mass is 9.90. The summed E-state index contributed by atoms with van der Waals surface area (Å²) in [5.41, 5.74) is 4.98. The van der Waals surface area contributed by atoms with Gasteiger partial charge in [-0.25, -0.2) is 12.8 Å². The molecule has 0 saturated carbocycles. The van der Waals surface area contributed by atoms with E-state index >= 15 is 0 Å². The van der Waals surface area contributed by atoms with Gasteiger partial charge in [-0.05, 0) is 76.6 Å². The molecule has 2 aliphatic heterocycles. The second-order valence-electron chi connectivity index (χ2n) is 13.5. The van der Waals surface area contributed by atoms with E-state index in [0.29, 0.717) is 33.5 Å². The molecule has 0 aromatic heterocycles. The average Bonchev–Trinajstić information content (AvgIpc) is 3.17. The van der Waals surface area contributed by atoms with E-state index in [1.54, 1.807) is 54.6 Å². The number of rotatable bonds is 10. The van der Waals surface area contributed by atoms with Crippen LogP contribution in [-0.2, 0) is 14.8 Å². The van der Waals surface area contributed by atoms with Crippen molar-refractivity contribution in [3.05, 3.63) is 144 Å². The monoisotopic (exact) mass is 741 g/mol. The van der Waals surface area contributed by atoms with Crippen molar-refractivity contribution in [3.63, 3.8) is 0 Å². The summed E-state index contributed by atoms with van der Waals surface area (Å²) in [4.78, 5) is 0. The third-order valence-electron chi connectivity index (χ3n) is 10.3. The number of hydrogen-bond donors (Lipinski definition) is 6. The maximum atomic E-state index is 14.0. The number of benzene rings is 5. The summed E-state index contributed by atoms with van der Waals surface area (Å²) in [5, 5.41) is 61.9. The Morgan fingerprint density at radius 2 is 1.34 bits per heavy atom. The number of sulfonamides is 1. The fourth-order valence-electron chi connectivity index (χ4n) is 7.32. The van der Waals surface area contributed by atoms with Crippen LogP contribution in [-0.4, -0.2) is 75.3 Å². The zero-order chi connectivity index (χ0) is 37.4. The Hall–Kier alpha value is -4.66. The molecule has 2 fully saturated rings. The molecule has 2 heterocycles. The van der Waals surface area contributed by atoms with Crippen molar-refractivity contribution < 1.29 is 48.2 Å². The quantitative estimate of drug-likeness (QED) is 0.113. The van der Waals surface area contributed by atoms with Crippen LogP contribution in [0.4, 0.5) is 10.1 Å². The lowest BCUT2D eigenvalue weighted by Gasteiger charge is -2.48. The van der Waals surface area contributed by atoms with Crippen LogP contribution < -0.4 is 4.31 Å². The number of aliphatic hydroxyl groups is 5. The fourth-order valence-corrected chi connectivity index (χ4v) is 9.44. The molecule has 5 aromatic rings. The van der Waals surface area contributed by atoms with E-state index in [1.807, 2.05) is 42.5 Å². The Balaban J connectivity index is 1.17. The Kier molecular flexibility index (Phi) is 10.4. The van der Waals surface area contributed by atoms with Gasteiger partial charge in [0.25, 0.3) is 0 Å². The highest BCUT2D eigenvalue weighted by molar-refractivity contribution is 7.95. The van der Waals surface area contributed by atoms with Gasteiger partial charge in [0.1, 0.15) is 47.3 Å². The molecule has 10 nitrogen and oxygen atoms in total. The van der Waals surface area contributed by atoms with E-state index in [2.05, 4.69) is 0 Å². The summed E-state index contributed by atoms with van der Waals surface area (Å²) in [6.45, 7) is -0.542. The lowest BCUT2D eigenvalue weighted by Crippen LogP contribution is -2.58. The van der Waals surface area contributed by atoms with Gasteiger partial charge in [0, 0.05) is 5.56 Å². The predicted molar refractivity (Wildman–Crippen MR) is 197 cm³/mol. The van der Waals surface area contributed by atoms with Gasteiger partial charge in [-0.3, -0.25) is 4.31 Å². The van der Waals surface area contributed by atoms with E-state index in [0.717, 1.165) is 11.1 Å². The summed E-state index contributed by atoms with van der Waals surface area (Å²) >= 11 is 0. The van der Waals surface area contributed by atoms with Gasteiger partial charge in [0.2, 0.25) is 10.0 Å². The molecule has 8 atom stereocenters. The second kappa shape index (κ2) is 15.0. The molecule has 5 aromatic carbocycles. The molecule has 0 bridgehead atoms. The first-order valence-electron chi connectivity index (χ1n) is 17.3. The summed E-state index contributed by atoms with van der Waals surface area (Å²) in [5.74, 6) is -0.574. The maximum absolute atomic E-state index is 14.0. The van der Waals surface area contributed by atoms with Gasteiger partial charge in [-0.15, -0.1) is 0 Å². The molecule has 7 rings (SSSR count). The molecule has 0 aliphatic carbocycles. The van der Waals surface area contributed by atoms with Crippen molar-refractivity contribution in [1.82, 2.24) is 0 Å². The van der Waals surface area contributed by atoms with Gasteiger partial charge < -0.3 is 35.4 Å². The van der Waals surface area contributed by atoms with Crippen molar-refractivity contribution in [1.29, 1.82) is 0 Å². The van der Waals surface area contributed by atoms with Crippen molar-refractivity contribution in [2.45, 2.75) is 60.8 Å². The number of phenols is 1. The largest absolute Gasteiger partial charge is 0.508 e. The van der Waals surface area contributed by atoms with Gasteiger partial charge in [-0.1, -0.05) is 91.0 Å². The van der Waals surface area contributed by atoms with E-state index in [-0.39, 0.29) is 18.6 Å². The standard InChI is InChI=1S/C41H40FNO9S/c42-30-15-10-27(11-16-30)33(45)20-21-36-37(43(53(36,50)51)31-17-12-25(13-18-31)24-4-2-1-3-5-24)32-19-14-29(22-34(32)46)26-6-8-28(9-7-26)41-40(49)39(48)38(47)35(23-44)52-41/h1-19,22,33,35-41,44-49H,20-21,23H2/t33-,35+,36-,37+,38+,39-,40+,41?/m0/s1. The van der Waals surface area contributed by atoms with Crippen molar-refractivity contribution in [2.75, 3.05) is 10.9 Å². The van der Waals surface area contributed by atoms with Crippen molar-refractivity contribution in [3.8, 4) is 28.0 Å². The summed E-state index contributed by atoms with van der Waals surface area (Å²) in [7, 11) is -3.92. The number of aliphatic hydroxyl groups excluding tert-OH is 5. The summed E-state index contributed by atoms with van der Waals surface area (Å²) in [6, 6.07) is 33.3. The summed E-state index contributed by atoms with van der Waals surface area (Å²) < 4.78 is 48.5. The molecular weight excluding hydrogens is 702 g/mol. The Labute approximate surface area is 306 Å². The fraction of sp³-hybridized carbons (Fsp3) is 0.268. The molecule has 2 saturated heterocycles. The number of phenolic OH excluding ortho intramolecular Hbond substituents is 1. The van der Waals surface area contributed by atoms with Crippen molar-refractivity contribution >= 4 is 15.7 Å². The van der Waals surface area contributed by atoms with Crippen LogP contribution in [0.25, 0.3) is 22.3 Å². The average molecular weight is 742 g/mol. The van der Waals surface area contributed by atoms with Crippen LogP contribution in [0, 0.1) is 5.82 Å². The zero-order valence-corrected chi connectivity index (χ0v) is 29.2. The van der Waals surface area contributed by atoms with E-state index < -0.39 is 70.4 Å². The zero-order valence-electron chi connectivity index (χ0n) is 28.4. The molecule has 6 N–H and O–H groups in total. The Morgan fingerprint density at radius 3 is 1.98 bits per heavy atom. The normalized spacial score (nSPS) is 25.8. The molecule has 276 valence electrons. The Morgan fingerprint density at radius 1 is 0.736 bits per heavy atom. The van der Waals surface area contributed by atoms with Gasteiger partial charge in [0.15, 0.2) is 0 Å². The first-order chi connectivity index (χ1) is 25.5. The molecule has 12 heteroatoms. The molecule has 0 spiro atoms. The second-order valence-corrected chi connectivity index (χ2v) is 15.6. The minimum Gasteiger partial charge on any atom is -0.508 e. The first kappa shape index (κ1) is 36.7. The molecule has 1 unspecified atom stereocenters. The van der Waals surface area contributed by atoms with Crippen LogP contribution in [0.1, 0.15) is 47.8 Å². The highest BCUT2D eigenvalue weighted by atomic mass is 32.2. The number of ether oxygens (including phenoxy) is 1. The van der Waals surface area contributed by atoms with E-state index in [1.165, 1.54) is 28.6 Å². The van der Waals surface area contributed by atoms with Crippen LogP contribution in [0.15, 0.2) is 121 Å². The minimum atomic E-state index is -3.92. The third kappa shape index (κ3) is 7.07. The highest BCUT2D eigenvalue weighted by Gasteiger charge is 2.55. The van der Waals surface area contributed by atoms with Crippen LogP contribution in [0.2, 0.25) is 0 Å². The number of aromatic hydroxyl groups is 1. The predicted octanol–water partition coefficient (Wildman–Crippen LogP) is 5.15. The number of halogens is 1. The number of hydrogen-bond acceptors (Lipinski definition) is 9. The highest BCUT2D eigenvalue weighted by Crippen LogP contribution is 2.51. The molecular formula is C41H40FNO9S. The molecule has 2 aliphatic rings. The van der Waals surface area contributed by atoms with Crippen LogP contribution in [0.5, 0.6) is 5.75 Å². The molecule has 0 amide bonds. The third-order valence-corrected chi connectivity index (χ3v) is 12.5. The number of nitrogens with zero attached hydrogens (tertiary/aromatic N) is 1. The van der Waals surface area contributed by atoms with Gasteiger partial charge >= 0.3 is 0 Å². The van der Waals surface area contributed by atoms with Gasteiger partial charge in [0.05, 0.1) is 24.4 Å².